The third-order valence-corrected chi connectivity index (χ3v) is 3.71. The Kier molecular flexibility index (Phi) is 3.82. The lowest BCUT2D eigenvalue weighted by atomic mass is 9.97. The van der Waals surface area contributed by atoms with Gasteiger partial charge >= 0.3 is 0 Å². The molecule has 2 aliphatic rings. The molecule has 0 aliphatic carbocycles. The zero-order valence-corrected chi connectivity index (χ0v) is 10.1. The van der Waals surface area contributed by atoms with Crippen LogP contribution in [0.1, 0.15) is 32.6 Å². The van der Waals surface area contributed by atoms with Gasteiger partial charge in [0, 0.05) is 13.2 Å². The Bertz CT molecular complexity index is 243. The van der Waals surface area contributed by atoms with Crippen molar-refractivity contribution in [1.82, 2.24) is 10.6 Å². The maximum atomic E-state index is 12.0. The predicted octanol–water partition coefficient (Wildman–Crippen LogP) is 0.671. The van der Waals surface area contributed by atoms with Gasteiger partial charge in [0.15, 0.2) is 0 Å². The number of amides is 1. The molecule has 0 aromatic carbocycles. The lowest BCUT2D eigenvalue weighted by Gasteiger charge is -2.26. The van der Waals surface area contributed by atoms with E-state index in [4.69, 9.17) is 4.74 Å². The van der Waals surface area contributed by atoms with Crippen LogP contribution in [-0.2, 0) is 9.53 Å². The molecule has 2 N–H and O–H groups in total. The van der Waals surface area contributed by atoms with Crippen LogP contribution in [0.4, 0.5) is 0 Å². The molecule has 1 unspecified atom stereocenters. The summed E-state index contributed by atoms with van der Waals surface area (Å²) in [6.07, 6.45) is 4.18. The van der Waals surface area contributed by atoms with Gasteiger partial charge in [0.2, 0.25) is 0 Å². The minimum atomic E-state index is -0.563. The van der Waals surface area contributed by atoms with Gasteiger partial charge in [0.1, 0.15) is 5.60 Å². The van der Waals surface area contributed by atoms with Crippen LogP contribution in [0.5, 0.6) is 0 Å². The maximum Gasteiger partial charge on any atom is 0.251 e. The molecule has 92 valence electrons. The number of nitrogens with one attached hydrogen (secondary N) is 2. The molecule has 1 amide bonds. The summed E-state index contributed by atoms with van der Waals surface area (Å²) < 4.78 is 5.52. The van der Waals surface area contributed by atoms with Crippen molar-refractivity contribution in [1.29, 1.82) is 0 Å². The Morgan fingerprint density at radius 2 is 2.25 bits per heavy atom. The van der Waals surface area contributed by atoms with E-state index in [0.29, 0.717) is 5.92 Å². The highest BCUT2D eigenvalue weighted by atomic mass is 16.5. The van der Waals surface area contributed by atoms with Crippen LogP contribution in [0.25, 0.3) is 0 Å². The summed E-state index contributed by atoms with van der Waals surface area (Å²) in [5.74, 6) is 0.707. The monoisotopic (exact) mass is 226 g/mol. The van der Waals surface area contributed by atoms with Crippen molar-refractivity contribution >= 4 is 5.91 Å². The summed E-state index contributed by atoms with van der Waals surface area (Å²) >= 11 is 0. The molecule has 0 saturated carbocycles. The fourth-order valence-corrected chi connectivity index (χ4v) is 2.47. The van der Waals surface area contributed by atoms with E-state index in [1.54, 1.807) is 0 Å². The molecular weight excluding hydrogens is 204 g/mol. The molecule has 1 atom stereocenters. The smallest absolute Gasteiger partial charge is 0.251 e. The molecular formula is C12H22N2O2. The normalized spacial score (nSPS) is 31.6. The lowest BCUT2D eigenvalue weighted by Crippen LogP contribution is -2.46. The van der Waals surface area contributed by atoms with E-state index >= 15 is 0 Å². The first-order chi connectivity index (χ1) is 7.71. The number of hydrogen-bond donors (Lipinski definition) is 2. The number of piperidine rings is 1. The van der Waals surface area contributed by atoms with Crippen molar-refractivity contribution in [3.8, 4) is 0 Å². The summed E-state index contributed by atoms with van der Waals surface area (Å²) in [7, 11) is 0. The molecule has 16 heavy (non-hydrogen) atoms. The van der Waals surface area contributed by atoms with E-state index in [0.717, 1.165) is 51.9 Å². The first-order valence-electron chi connectivity index (χ1n) is 6.34. The van der Waals surface area contributed by atoms with E-state index in [1.165, 1.54) is 0 Å². The Hall–Kier alpha value is -0.610. The number of ether oxygens (including phenoxy) is 1. The summed E-state index contributed by atoms with van der Waals surface area (Å²) in [5.41, 5.74) is -0.563. The van der Waals surface area contributed by atoms with E-state index in [2.05, 4.69) is 10.6 Å². The maximum absolute atomic E-state index is 12.0. The van der Waals surface area contributed by atoms with Crippen molar-refractivity contribution in [3.63, 3.8) is 0 Å². The molecule has 2 fully saturated rings. The van der Waals surface area contributed by atoms with Crippen molar-refractivity contribution < 1.29 is 9.53 Å². The highest BCUT2D eigenvalue weighted by Gasteiger charge is 2.37. The van der Waals surface area contributed by atoms with Crippen LogP contribution in [0.3, 0.4) is 0 Å². The predicted molar refractivity (Wildman–Crippen MR) is 62.2 cm³/mol. The van der Waals surface area contributed by atoms with Crippen LogP contribution >= 0.6 is 0 Å². The van der Waals surface area contributed by atoms with Crippen molar-refractivity contribution in [2.45, 2.75) is 38.2 Å². The molecule has 4 nitrogen and oxygen atoms in total. The van der Waals surface area contributed by atoms with Crippen LogP contribution < -0.4 is 10.6 Å². The van der Waals surface area contributed by atoms with Gasteiger partial charge in [-0.1, -0.05) is 0 Å². The van der Waals surface area contributed by atoms with Crippen molar-refractivity contribution in [3.05, 3.63) is 0 Å². The molecule has 2 saturated heterocycles. The van der Waals surface area contributed by atoms with Gasteiger partial charge in [-0.05, 0) is 51.6 Å². The highest BCUT2D eigenvalue weighted by molar-refractivity contribution is 5.84. The van der Waals surface area contributed by atoms with E-state index in [9.17, 15) is 4.79 Å². The molecule has 2 rings (SSSR count). The molecule has 0 radical (unpaired) electrons. The number of carbonyl (C=O) groups excluding carboxylic acids is 1. The quantitative estimate of drug-likeness (QED) is 0.743. The minimum absolute atomic E-state index is 0.0727. The zero-order chi connectivity index (χ0) is 11.4. The average Bonchev–Trinajstić information content (AvgIpc) is 2.76. The van der Waals surface area contributed by atoms with Gasteiger partial charge in [0.05, 0.1) is 0 Å². The number of carbonyl (C=O) groups is 1. The highest BCUT2D eigenvalue weighted by Crippen LogP contribution is 2.25. The molecule has 4 heteroatoms. The summed E-state index contributed by atoms with van der Waals surface area (Å²) in [4.78, 5) is 12.0. The third kappa shape index (κ3) is 2.74. The number of hydrogen-bond acceptors (Lipinski definition) is 3. The van der Waals surface area contributed by atoms with E-state index in [1.807, 2.05) is 6.92 Å². The Morgan fingerprint density at radius 3 is 2.88 bits per heavy atom. The van der Waals surface area contributed by atoms with Gasteiger partial charge in [0.25, 0.3) is 5.91 Å². The van der Waals surface area contributed by atoms with Crippen molar-refractivity contribution in [2.75, 3.05) is 26.2 Å². The SMILES string of the molecule is CC1(C(=O)NCC2CCNCC2)CCCO1. The molecule has 0 spiro atoms. The summed E-state index contributed by atoms with van der Waals surface area (Å²) in [6, 6.07) is 0. The zero-order valence-electron chi connectivity index (χ0n) is 10.1. The Balaban J connectivity index is 1.74. The topological polar surface area (TPSA) is 50.4 Å². The second-order valence-corrected chi connectivity index (χ2v) is 5.09. The summed E-state index contributed by atoms with van der Waals surface area (Å²) in [5, 5.41) is 6.37. The lowest BCUT2D eigenvalue weighted by molar-refractivity contribution is -0.139. The Morgan fingerprint density at radius 1 is 1.50 bits per heavy atom. The van der Waals surface area contributed by atoms with Gasteiger partial charge < -0.3 is 15.4 Å². The van der Waals surface area contributed by atoms with E-state index < -0.39 is 5.60 Å². The molecule has 0 aromatic rings. The van der Waals surface area contributed by atoms with Crippen LogP contribution in [-0.4, -0.2) is 37.7 Å². The van der Waals surface area contributed by atoms with Crippen LogP contribution in [0.2, 0.25) is 0 Å². The van der Waals surface area contributed by atoms with Crippen molar-refractivity contribution in [2.24, 2.45) is 5.92 Å². The van der Waals surface area contributed by atoms with E-state index in [-0.39, 0.29) is 5.91 Å². The van der Waals surface area contributed by atoms with Gasteiger partial charge in [-0.25, -0.2) is 0 Å². The number of rotatable bonds is 3. The fraction of sp³-hybridized carbons (Fsp3) is 0.917. The fourth-order valence-electron chi connectivity index (χ4n) is 2.47. The molecule has 0 bridgehead atoms. The van der Waals surface area contributed by atoms with Crippen LogP contribution in [0, 0.1) is 5.92 Å². The van der Waals surface area contributed by atoms with Gasteiger partial charge in [-0.2, -0.15) is 0 Å². The second-order valence-electron chi connectivity index (χ2n) is 5.09. The summed E-state index contributed by atoms with van der Waals surface area (Å²) in [6.45, 7) is 5.58. The largest absolute Gasteiger partial charge is 0.365 e. The standard InChI is InChI=1S/C12H22N2O2/c1-12(5-2-8-16-12)11(15)14-9-10-3-6-13-7-4-10/h10,13H,2-9H2,1H3,(H,14,15). The van der Waals surface area contributed by atoms with Crippen LogP contribution in [0.15, 0.2) is 0 Å². The average molecular weight is 226 g/mol. The van der Waals surface area contributed by atoms with Gasteiger partial charge in [-0.15, -0.1) is 0 Å². The molecule has 0 aromatic heterocycles. The molecule has 2 heterocycles. The molecule has 2 aliphatic heterocycles. The Labute approximate surface area is 97.1 Å². The van der Waals surface area contributed by atoms with Gasteiger partial charge in [-0.3, -0.25) is 4.79 Å². The second kappa shape index (κ2) is 5.15. The third-order valence-electron chi connectivity index (χ3n) is 3.71. The minimum Gasteiger partial charge on any atom is -0.365 e. The first kappa shape index (κ1) is 11.9. The first-order valence-corrected chi connectivity index (χ1v) is 6.34.